The molecule has 0 bridgehead atoms. The van der Waals surface area contributed by atoms with Crippen LogP contribution in [0.3, 0.4) is 0 Å². The number of aromatic nitrogens is 2. The first-order valence-electron chi connectivity index (χ1n) is 5.77. The second-order valence-corrected chi connectivity index (χ2v) is 4.06. The summed E-state index contributed by atoms with van der Waals surface area (Å²) >= 11 is 0. The van der Waals surface area contributed by atoms with Gasteiger partial charge in [-0.05, 0) is 18.6 Å². The van der Waals surface area contributed by atoms with E-state index in [2.05, 4.69) is 10.2 Å². The van der Waals surface area contributed by atoms with Crippen molar-refractivity contribution in [1.82, 2.24) is 10.2 Å². The largest absolute Gasteiger partial charge is 0.497 e. The van der Waals surface area contributed by atoms with E-state index >= 15 is 0 Å². The highest BCUT2D eigenvalue weighted by atomic mass is 16.5. The lowest BCUT2D eigenvalue weighted by atomic mass is 10.0. The van der Waals surface area contributed by atoms with Crippen LogP contribution in [0.1, 0.15) is 12.0 Å². The van der Waals surface area contributed by atoms with Crippen LogP contribution in [0.4, 0.5) is 0 Å². The predicted molar refractivity (Wildman–Crippen MR) is 69.4 cm³/mol. The molecule has 2 rings (SSSR count). The molecule has 0 aliphatic carbocycles. The van der Waals surface area contributed by atoms with Gasteiger partial charge in [0, 0.05) is 17.5 Å². The Morgan fingerprint density at radius 3 is 2.84 bits per heavy atom. The van der Waals surface area contributed by atoms with Gasteiger partial charge >= 0.3 is 5.97 Å². The van der Waals surface area contributed by atoms with Gasteiger partial charge in [0.25, 0.3) is 5.56 Å². The van der Waals surface area contributed by atoms with Gasteiger partial charge in [-0.1, -0.05) is 12.1 Å². The highest BCUT2D eigenvalue weighted by Gasteiger charge is 2.13. The number of ether oxygens (including phenoxy) is 1. The van der Waals surface area contributed by atoms with Crippen molar-refractivity contribution in [2.45, 2.75) is 12.8 Å². The minimum absolute atomic E-state index is 0.0854. The number of H-pyrrole nitrogens is 2. The Balaban J connectivity index is 2.38. The van der Waals surface area contributed by atoms with Crippen molar-refractivity contribution < 1.29 is 14.6 Å². The average molecular weight is 262 g/mol. The molecule has 0 atom stereocenters. The van der Waals surface area contributed by atoms with Crippen LogP contribution >= 0.6 is 0 Å². The molecule has 2 aromatic rings. The molecule has 100 valence electrons. The average Bonchev–Trinajstić information content (AvgIpc) is 2.77. The molecular formula is C13H14N2O4. The summed E-state index contributed by atoms with van der Waals surface area (Å²) in [6.07, 6.45) is 0.0958. The first kappa shape index (κ1) is 12.9. The molecule has 0 radical (unpaired) electrons. The van der Waals surface area contributed by atoms with E-state index in [-0.39, 0.29) is 18.4 Å². The van der Waals surface area contributed by atoms with Gasteiger partial charge in [-0.15, -0.1) is 0 Å². The SMILES string of the molecule is COc1cccc(-c2[nH][nH]c(=O)c2CCC(=O)O)c1. The molecule has 0 unspecified atom stereocenters. The third kappa shape index (κ3) is 2.85. The van der Waals surface area contributed by atoms with Crippen LogP contribution in [0.2, 0.25) is 0 Å². The van der Waals surface area contributed by atoms with E-state index in [0.29, 0.717) is 17.0 Å². The molecule has 1 aromatic carbocycles. The third-order valence-electron chi connectivity index (χ3n) is 2.82. The fourth-order valence-corrected chi connectivity index (χ4v) is 1.88. The zero-order valence-corrected chi connectivity index (χ0v) is 10.4. The number of nitrogens with one attached hydrogen (secondary N) is 2. The fraction of sp³-hybridized carbons (Fsp3) is 0.231. The molecule has 0 aliphatic heterocycles. The topological polar surface area (TPSA) is 95.2 Å². The number of benzene rings is 1. The van der Waals surface area contributed by atoms with E-state index in [1.165, 1.54) is 0 Å². The molecule has 6 heteroatoms. The maximum atomic E-state index is 11.7. The van der Waals surface area contributed by atoms with Crippen molar-refractivity contribution >= 4 is 5.97 Å². The van der Waals surface area contributed by atoms with Crippen LogP contribution in [-0.2, 0) is 11.2 Å². The first-order valence-corrected chi connectivity index (χ1v) is 5.77. The normalized spacial score (nSPS) is 10.4. The Hall–Kier alpha value is -2.50. The van der Waals surface area contributed by atoms with Gasteiger partial charge < -0.3 is 9.84 Å². The summed E-state index contributed by atoms with van der Waals surface area (Å²) in [6, 6.07) is 7.21. The van der Waals surface area contributed by atoms with Gasteiger partial charge in [0.05, 0.1) is 12.8 Å². The predicted octanol–water partition coefficient (Wildman–Crippen LogP) is 1.40. The zero-order chi connectivity index (χ0) is 13.8. The van der Waals surface area contributed by atoms with Crippen molar-refractivity contribution in [3.8, 4) is 17.0 Å². The summed E-state index contributed by atoms with van der Waals surface area (Å²) < 4.78 is 5.12. The van der Waals surface area contributed by atoms with E-state index < -0.39 is 5.97 Å². The summed E-state index contributed by atoms with van der Waals surface area (Å²) in [5.74, 6) is -0.263. The monoisotopic (exact) mass is 262 g/mol. The van der Waals surface area contributed by atoms with Crippen LogP contribution < -0.4 is 10.3 Å². The fourth-order valence-electron chi connectivity index (χ4n) is 1.88. The van der Waals surface area contributed by atoms with E-state index in [0.717, 1.165) is 5.56 Å². The molecule has 0 spiro atoms. The van der Waals surface area contributed by atoms with Gasteiger partial charge in [-0.25, -0.2) is 0 Å². The molecule has 1 aromatic heterocycles. The summed E-state index contributed by atoms with van der Waals surface area (Å²) in [7, 11) is 1.56. The van der Waals surface area contributed by atoms with Crippen LogP contribution in [0, 0.1) is 0 Å². The minimum atomic E-state index is -0.933. The number of rotatable bonds is 5. The molecule has 0 saturated carbocycles. The standard InChI is InChI=1S/C13H14N2O4/c1-19-9-4-2-3-8(7-9)12-10(5-6-11(16)17)13(18)15-14-12/h2-4,7H,5-6H2,1H3,(H,16,17)(H2,14,15,18). The number of aromatic amines is 2. The second kappa shape index (κ2) is 5.43. The summed E-state index contributed by atoms with van der Waals surface area (Å²) in [4.78, 5) is 22.3. The van der Waals surface area contributed by atoms with Crippen molar-refractivity contribution in [1.29, 1.82) is 0 Å². The number of hydrogen-bond acceptors (Lipinski definition) is 3. The van der Waals surface area contributed by atoms with Crippen LogP contribution in [0.15, 0.2) is 29.1 Å². The maximum Gasteiger partial charge on any atom is 0.303 e. The number of methoxy groups -OCH3 is 1. The Bertz CT molecular complexity index is 642. The number of carboxylic acid groups (broad SMARTS) is 1. The van der Waals surface area contributed by atoms with Crippen molar-refractivity contribution in [3.63, 3.8) is 0 Å². The van der Waals surface area contributed by atoms with Crippen LogP contribution in [0.25, 0.3) is 11.3 Å². The highest BCUT2D eigenvalue weighted by molar-refractivity contribution is 5.69. The Kier molecular flexibility index (Phi) is 3.70. The quantitative estimate of drug-likeness (QED) is 0.758. The number of carboxylic acids is 1. The Morgan fingerprint density at radius 2 is 2.16 bits per heavy atom. The number of aliphatic carboxylic acids is 1. The van der Waals surface area contributed by atoms with Gasteiger partial charge in [-0.2, -0.15) is 0 Å². The molecule has 0 saturated heterocycles. The van der Waals surface area contributed by atoms with E-state index in [4.69, 9.17) is 9.84 Å². The number of hydrogen-bond donors (Lipinski definition) is 3. The van der Waals surface area contributed by atoms with Crippen molar-refractivity contribution in [2.24, 2.45) is 0 Å². The lowest BCUT2D eigenvalue weighted by molar-refractivity contribution is -0.136. The van der Waals surface area contributed by atoms with Crippen LogP contribution in [0.5, 0.6) is 5.75 Å². The molecule has 19 heavy (non-hydrogen) atoms. The van der Waals surface area contributed by atoms with Gasteiger partial charge in [-0.3, -0.25) is 19.8 Å². The van der Waals surface area contributed by atoms with Gasteiger partial charge in [0.1, 0.15) is 5.75 Å². The third-order valence-corrected chi connectivity index (χ3v) is 2.82. The van der Waals surface area contributed by atoms with Crippen molar-refractivity contribution in [3.05, 3.63) is 40.2 Å². The summed E-state index contributed by atoms with van der Waals surface area (Å²) in [6.45, 7) is 0. The van der Waals surface area contributed by atoms with E-state index in [9.17, 15) is 9.59 Å². The molecule has 0 amide bonds. The highest BCUT2D eigenvalue weighted by Crippen LogP contribution is 2.24. The first-order chi connectivity index (χ1) is 9.11. The lowest BCUT2D eigenvalue weighted by Crippen LogP contribution is -2.08. The van der Waals surface area contributed by atoms with E-state index in [1.54, 1.807) is 25.3 Å². The molecule has 1 heterocycles. The maximum absolute atomic E-state index is 11.7. The molecular weight excluding hydrogens is 248 g/mol. The van der Waals surface area contributed by atoms with Crippen molar-refractivity contribution in [2.75, 3.05) is 7.11 Å². The van der Waals surface area contributed by atoms with E-state index in [1.807, 2.05) is 6.07 Å². The Labute approximate surface area is 109 Å². The minimum Gasteiger partial charge on any atom is -0.497 e. The van der Waals surface area contributed by atoms with Gasteiger partial charge in [0.15, 0.2) is 0 Å². The zero-order valence-electron chi connectivity index (χ0n) is 10.4. The molecule has 6 nitrogen and oxygen atoms in total. The Morgan fingerprint density at radius 1 is 1.37 bits per heavy atom. The molecule has 0 aliphatic rings. The second-order valence-electron chi connectivity index (χ2n) is 4.06. The molecule has 0 fully saturated rings. The summed E-state index contributed by atoms with van der Waals surface area (Å²) in [5.41, 5.74) is 1.53. The number of carbonyl (C=O) groups is 1. The van der Waals surface area contributed by atoms with Gasteiger partial charge in [0.2, 0.25) is 0 Å². The van der Waals surface area contributed by atoms with Crippen LogP contribution in [-0.4, -0.2) is 28.4 Å². The summed E-state index contributed by atoms with van der Waals surface area (Å²) in [5, 5.41) is 14.0. The smallest absolute Gasteiger partial charge is 0.303 e. The molecule has 3 N–H and O–H groups in total. The lowest BCUT2D eigenvalue weighted by Gasteiger charge is -2.04.